The van der Waals surface area contributed by atoms with Crippen molar-refractivity contribution in [2.45, 2.75) is 19.1 Å². The molecule has 0 radical (unpaired) electrons. The van der Waals surface area contributed by atoms with Gasteiger partial charge in [-0.05, 0) is 25.1 Å². The zero-order valence-electron chi connectivity index (χ0n) is 12.5. The van der Waals surface area contributed by atoms with Crippen LogP contribution in [0.1, 0.15) is 12.5 Å². The summed E-state index contributed by atoms with van der Waals surface area (Å²) in [4.78, 5) is 15.3. The number of amides is 1. The van der Waals surface area contributed by atoms with Crippen molar-refractivity contribution in [1.82, 2.24) is 4.90 Å². The lowest BCUT2D eigenvalue weighted by Crippen LogP contribution is -2.52. The van der Waals surface area contributed by atoms with Crippen molar-refractivity contribution in [2.75, 3.05) is 31.1 Å². The molecule has 1 heterocycles. The van der Waals surface area contributed by atoms with Gasteiger partial charge in [0.25, 0.3) is 0 Å². The fourth-order valence-corrected chi connectivity index (χ4v) is 2.35. The number of alkyl halides is 3. The molecular formula is C14H20Cl2F3N3O. The molecule has 1 aromatic rings. The first-order valence-electron chi connectivity index (χ1n) is 6.75. The highest BCUT2D eigenvalue weighted by molar-refractivity contribution is 5.85. The van der Waals surface area contributed by atoms with Crippen LogP contribution in [-0.2, 0) is 11.0 Å². The molecule has 1 fully saturated rings. The molecule has 1 amide bonds. The van der Waals surface area contributed by atoms with E-state index in [1.165, 1.54) is 6.07 Å². The van der Waals surface area contributed by atoms with Crippen LogP contribution in [0.25, 0.3) is 0 Å². The van der Waals surface area contributed by atoms with Crippen LogP contribution < -0.4 is 10.6 Å². The topological polar surface area (TPSA) is 49.6 Å². The molecule has 9 heteroatoms. The molecule has 0 saturated carbocycles. The number of piperazine rings is 1. The van der Waals surface area contributed by atoms with Crippen molar-refractivity contribution in [1.29, 1.82) is 0 Å². The van der Waals surface area contributed by atoms with E-state index in [4.69, 9.17) is 5.73 Å². The summed E-state index contributed by atoms with van der Waals surface area (Å²) >= 11 is 0. The quantitative estimate of drug-likeness (QED) is 0.866. The fourth-order valence-electron chi connectivity index (χ4n) is 2.35. The summed E-state index contributed by atoms with van der Waals surface area (Å²) in [6, 6.07) is 4.70. The van der Waals surface area contributed by atoms with E-state index in [0.29, 0.717) is 31.9 Å². The highest BCUT2D eigenvalue weighted by atomic mass is 35.5. The largest absolute Gasteiger partial charge is 0.416 e. The van der Waals surface area contributed by atoms with Crippen LogP contribution in [0.4, 0.5) is 18.9 Å². The van der Waals surface area contributed by atoms with Gasteiger partial charge >= 0.3 is 6.18 Å². The Morgan fingerprint density at radius 3 is 2.22 bits per heavy atom. The van der Waals surface area contributed by atoms with E-state index >= 15 is 0 Å². The molecule has 0 aromatic heterocycles. The third-order valence-corrected chi connectivity index (χ3v) is 3.52. The van der Waals surface area contributed by atoms with Gasteiger partial charge in [0, 0.05) is 31.9 Å². The molecule has 0 unspecified atom stereocenters. The lowest BCUT2D eigenvalue weighted by atomic mass is 10.1. The molecule has 0 aliphatic carbocycles. The first kappa shape index (κ1) is 21.8. The van der Waals surface area contributed by atoms with Crippen LogP contribution in [0.15, 0.2) is 24.3 Å². The number of carbonyl (C=O) groups is 1. The summed E-state index contributed by atoms with van der Waals surface area (Å²) in [7, 11) is 0. The molecule has 1 aliphatic heterocycles. The number of nitrogens with two attached hydrogens (primary N) is 1. The van der Waals surface area contributed by atoms with Crippen molar-refractivity contribution in [3.05, 3.63) is 29.8 Å². The van der Waals surface area contributed by atoms with Gasteiger partial charge < -0.3 is 15.5 Å². The second-order valence-corrected chi connectivity index (χ2v) is 5.15. The van der Waals surface area contributed by atoms with E-state index in [1.54, 1.807) is 17.9 Å². The average Bonchev–Trinajstić information content (AvgIpc) is 2.46. The molecule has 2 rings (SSSR count). The fraction of sp³-hybridized carbons (Fsp3) is 0.500. The predicted octanol–water partition coefficient (Wildman–Crippen LogP) is 2.54. The first-order chi connectivity index (χ1) is 9.79. The van der Waals surface area contributed by atoms with Gasteiger partial charge in [-0.3, -0.25) is 4.79 Å². The number of halogens is 5. The van der Waals surface area contributed by atoms with E-state index in [2.05, 4.69) is 0 Å². The number of benzene rings is 1. The number of anilines is 1. The zero-order chi connectivity index (χ0) is 15.6. The molecule has 23 heavy (non-hydrogen) atoms. The lowest BCUT2D eigenvalue weighted by Gasteiger charge is -2.37. The lowest BCUT2D eigenvalue weighted by molar-refractivity contribution is -0.137. The number of carbonyl (C=O) groups excluding carboxylic acids is 1. The van der Waals surface area contributed by atoms with E-state index in [1.807, 2.05) is 4.90 Å². The van der Waals surface area contributed by atoms with Gasteiger partial charge in [0.05, 0.1) is 11.6 Å². The maximum Gasteiger partial charge on any atom is 0.416 e. The first-order valence-corrected chi connectivity index (χ1v) is 6.75. The molecule has 1 saturated heterocycles. The van der Waals surface area contributed by atoms with E-state index in [0.717, 1.165) is 12.1 Å². The highest BCUT2D eigenvalue weighted by Gasteiger charge is 2.31. The Morgan fingerprint density at radius 1 is 1.17 bits per heavy atom. The summed E-state index contributed by atoms with van der Waals surface area (Å²) < 4.78 is 38.1. The van der Waals surface area contributed by atoms with E-state index in [-0.39, 0.29) is 30.7 Å². The number of hydrogen-bond donors (Lipinski definition) is 1. The standard InChI is InChI=1S/C14H18F3N3O.2ClH/c1-10(18)13(21)20-7-5-19(6-8-20)12-4-2-3-11(9-12)14(15,16)17;;/h2-4,9-10H,5-8,18H2,1H3;2*1H/t10-;;/m1../s1. The summed E-state index contributed by atoms with van der Waals surface area (Å²) in [6.07, 6.45) is -4.34. The van der Waals surface area contributed by atoms with Crippen molar-refractivity contribution in [2.24, 2.45) is 5.73 Å². The molecule has 0 bridgehead atoms. The van der Waals surface area contributed by atoms with Crippen LogP contribution in [0, 0.1) is 0 Å². The van der Waals surface area contributed by atoms with Gasteiger partial charge in [-0.15, -0.1) is 24.8 Å². The Kier molecular flexibility index (Phi) is 8.17. The second-order valence-electron chi connectivity index (χ2n) is 5.15. The molecule has 4 nitrogen and oxygen atoms in total. The molecule has 1 aromatic carbocycles. The van der Waals surface area contributed by atoms with Crippen LogP contribution in [-0.4, -0.2) is 43.0 Å². The summed E-state index contributed by atoms with van der Waals surface area (Å²) in [5.74, 6) is -0.126. The Morgan fingerprint density at radius 2 is 1.74 bits per heavy atom. The average molecular weight is 374 g/mol. The maximum absolute atomic E-state index is 12.7. The Balaban J connectivity index is 0.00000242. The summed E-state index contributed by atoms with van der Waals surface area (Å²) in [5.41, 5.74) is 5.42. The minimum Gasteiger partial charge on any atom is -0.368 e. The summed E-state index contributed by atoms with van der Waals surface area (Å²) in [5, 5.41) is 0. The van der Waals surface area contributed by atoms with Gasteiger partial charge in [0.15, 0.2) is 0 Å². The number of rotatable bonds is 2. The van der Waals surface area contributed by atoms with Crippen molar-refractivity contribution >= 4 is 36.4 Å². The monoisotopic (exact) mass is 373 g/mol. The van der Waals surface area contributed by atoms with Gasteiger partial charge in [0.2, 0.25) is 5.91 Å². The molecule has 1 atom stereocenters. The number of hydrogen-bond acceptors (Lipinski definition) is 3. The van der Waals surface area contributed by atoms with Gasteiger partial charge in [-0.25, -0.2) is 0 Å². The minimum absolute atomic E-state index is 0. The Hall–Kier alpha value is -1.18. The smallest absolute Gasteiger partial charge is 0.368 e. The molecule has 2 N–H and O–H groups in total. The van der Waals surface area contributed by atoms with Crippen molar-refractivity contribution < 1.29 is 18.0 Å². The third kappa shape index (κ3) is 5.44. The van der Waals surface area contributed by atoms with E-state index < -0.39 is 17.8 Å². The highest BCUT2D eigenvalue weighted by Crippen LogP contribution is 2.31. The van der Waals surface area contributed by atoms with Gasteiger partial charge in [-0.1, -0.05) is 6.07 Å². The van der Waals surface area contributed by atoms with Crippen LogP contribution >= 0.6 is 24.8 Å². The van der Waals surface area contributed by atoms with E-state index in [9.17, 15) is 18.0 Å². The minimum atomic E-state index is -4.34. The van der Waals surface area contributed by atoms with Crippen molar-refractivity contribution in [3.8, 4) is 0 Å². The second kappa shape index (κ2) is 8.61. The molecular weight excluding hydrogens is 354 g/mol. The number of nitrogens with zero attached hydrogens (tertiary/aromatic N) is 2. The molecule has 0 spiro atoms. The van der Waals surface area contributed by atoms with Crippen molar-refractivity contribution in [3.63, 3.8) is 0 Å². The predicted molar refractivity (Wildman–Crippen MR) is 88.4 cm³/mol. The molecule has 1 aliphatic rings. The third-order valence-electron chi connectivity index (χ3n) is 3.52. The SMILES string of the molecule is C[C@@H](N)C(=O)N1CCN(c2cccc(C(F)(F)F)c2)CC1.Cl.Cl. The van der Waals surface area contributed by atoms with Crippen LogP contribution in [0.2, 0.25) is 0 Å². The normalized spacial score (nSPS) is 16.2. The van der Waals surface area contributed by atoms with Gasteiger partial charge in [0.1, 0.15) is 0 Å². The molecule has 132 valence electrons. The van der Waals surface area contributed by atoms with Crippen LogP contribution in [0.3, 0.4) is 0 Å². The Labute approximate surface area is 145 Å². The Bertz CT molecular complexity index is 518. The maximum atomic E-state index is 12.7. The zero-order valence-corrected chi connectivity index (χ0v) is 14.2. The van der Waals surface area contributed by atoms with Gasteiger partial charge in [-0.2, -0.15) is 13.2 Å². The van der Waals surface area contributed by atoms with Crippen LogP contribution in [0.5, 0.6) is 0 Å². The summed E-state index contributed by atoms with van der Waals surface area (Å²) in [6.45, 7) is 3.56.